The van der Waals surface area contributed by atoms with Gasteiger partial charge in [-0.05, 0) is 30.5 Å². The molecular formula is C22H28NO2+. The van der Waals surface area contributed by atoms with Crippen LogP contribution in [0.15, 0.2) is 54.6 Å². The molecule has 2 aromatic rings. The van der Waals surface area contributed by atoms with Gasteiger partial charge in [-0.1, -0.05) is 55.3 Å². The van der Waals surface area contributed by atoms with E-state index in [-0.39, 0.29) is 0 Å². The first-order valence-electron chi connectivity index (χ1n) is 9.57. The molecule has 0 bridgehead atoms. The molecule has 1 aliphatic carbocycles. The molecule has 3 heteroatoms. The van der Waals surface area contributed by atoms with Crippen LogP contribution >= 0.6 is 0 Å². The van der Waals surface area contributed by atoms with Crippen LogP contribution in [0.2, 0.25) is 0 Å². The summed E-state index contributed by atoms with van der Waals surface area (Å²) in [5, 5.41) is 13.5. The third-order valence-electron chi connectivity index (χ3n) is 5.99. The number of piperidine rings is 1. The molecule has 0 amide bonds. The predicted octanol–water partition coefficient (Wildman–Crippen LogP) is 3.20. The van der Waals surface area contributed by atoms with Crippen LogP contribution in [0, 0.1) is 5.92 Å². The molecule has 0 unspecified atom stereocenters. The average Bonchev–Trinajstić information content (AvgIpc) is 2.66. The Morgan fingerprint density at radius 2 is 1.92 bits per heavy atom. The van der Waals surface area contributed by atoms with E-state index in [4.69, 9.17) is 4.74 Å². The Labute approximate surface area is 150 Å². The largest absolute Gasteiger partial charge is 0.489 e. The van der Waals surface area contributed by atoms with Crippen LogP contribution in [0.1, 0.15) is 49.3 Å². The van der Waals surface area contributed by atoms with Crippen molar-refractivity contribution in [2.45, 2.75) is 50.4 Å². The van der Waals surface area contributed by atoms with Crippen LogP contribution in [-0.2, 0) is 6.61 Å². The summed E-state index contributed by atoms with van der Waals surface area (Å²) in [5.41, 5.74) is 2.01. The van der Waals surface area contributed by atoms with Crippen molar-refractivity contribution in [1.29, 1.82) is 0 Å². The first kappa shape index (κ1) is 16.6. The van der Waals surface area contributed by atoms with Crippen LogP contribution in [0.3, 0.4) is 0 Å². The number of fused-ring (bicyclic) bond motifs is 1. The highest BCUT2D eigenvalue weighted by atomic mass is 16.5. The molecule has 0 spiro atoms. The van der Waals surface area contributed by atoms with E-state index in [1.165, 1.54) is 24.0 Å². The number of nitrogens with two attached hydrogens (primary N) is 1. The van der Waals surface area contributed by atoms with Gasteiger partial charge in [0.25, 0.3) is 0 Å². The quantitative estimate of drug-likeness (QED) is 0.899. The lowest BCUT2D eigenvalue weighted by atomic mass is 9.67. The van der Waals surface area contributed by atoms with E-state index in [0.29, 0.717) is 18.6 Å². The zero-order valence-electron chi connectivity index (χ0n) is 14.7. The lowest BCUT2D eigenvalue weighted by Gasteiger charge is -2.46. The van der Waals surface area contributed by atoms with Gasteiger partial charge in [0.1, 0.15) is 18.4 Å². The van der Waals surface area contributed by atoms with Gasteiger partial charge in [-0.2, -0.15) is 0 Å². The average molecular weight is 338 g/mol. The van der Waals surface area contributed by atoms with E-state index < -0.39 is 5.60 Å². The second kappa shape index (κ2) is 7.19. The summed E-state index contributed by atoms with van der Waals surface area (Å²) in [5.74, 6) is 1.28. The maximum absolute atomic E-state index is 11.1. The number of hydrogen-bond donors (Lipinski definition) is 2. The van der Waals surface area contributed by atoms with E-state index in [1.807, 2.05) is 24.3 Å². The highest BCUT2D eigenvalue weighted by Crippen LogP contribution is 2.43. The molecule has 2 fully saturated rings. The number of rotatable bonds is 4. The van der Waals surface area contributed by atoms with Gasteiger partial charge >= 0.3 is 0 Å². The van der Waals surface area contributed by atoms with Crippen LogP contribution < -0.4 is 10.1 Å². The van der Waals surface area contributed by atoms with E-state index in [1.54, 1.807) is 0 Å². The Balaban J connectivity index is 1.50. The Kier molecular flexibility index (Phi) is 4.78. The number of hydrogen-bond acceptors (Lipinski definition) is 2. The zero-order chi connectivity index (χ0) is 17.1. The number of ether oxygens (including phenoxy) is 1. The molecule has 1 saturated carbocycles. The molecule has 1 saturated heterocycles. The summed E-state index contributed by atoms with van der Waals surface area (Å²) < 4.78 is 6.01. The minimum absolute atomic E-state index is 0.347. The third-order valence-corrected chi connectivity index (χ3v) is 5.99. The molecule has 0 radical (unpaired) electrons. The normalized spacial score (nSPS) is 29.0. The van der Waals surface area contributed by atoms with Crippen molar-refractivity contribution < 1.29 is 15.2 Å². The smallest absolute Gasteiger partial charge is 0.120 e. The minimum atomic E-state index is -0.460. The number of aliphatic hydroxyl groups is 1. The summed E-state index contributed by atoms with van der Waals surface area (Å²) in [6, 6.07) is 19.1. The zero-order valence-corrected chi connectivity index (χ0v) is 14.7. The fraction of sp³-hybridized carbons (Fsp3) is 0.455. The molecule has 132 valence electrons. The number of benzene rings is 2. The molecular weight excluding hydrogens is 310 g/mol. The van der Waals surface area contributed by atoms with Crippen LogP contribution in [0.4, 0.5) is 0 Å². The SMILES string of the molecule is O[C@]12CCCC[C@@H]1[C@@H](c1cccc(OCc3ccccc3)c1)[NH2+]CC2. The van der Waals surface area contributed by atoms with Crippen LogP contribution in [-0.4, -0.2) is 17.3 Å². The maximum Gasteiger partial charge on any atom is 0.120 e. The van der Waals surface area contributed by atoms with Gasteiger partial charge in [-0.15, -0.1) is 0 Å². The summed E-state index contributed by atoms with van der Waals surface area (Å²) in [6.07, 6.45) is 5.43. The maximum atomic E-state index is 11.1. The predicted molar refractivity (Wildman–Crippen MR) is 98.3 cm³/mol. The second-order valence-corrected chi connectivity index (χ2v) is 7.60. The molecule has 3 N–H and O–H groups in total. The lowest BCUT2D eigenvalue weighted by Crippen LogP contribution is -2.91. The Hall–Kier alpha value is -1.84. The van der Waals surface area contributed by atoms with Gasteiger partial charge in [-0.25, -0.2) is 0 Å². The first-order valence-corrected chi connectivity index (χ1v) is 9.57. The van der Waals surface area contributed by atoms with Gasteiger partial charge in [0.15, 0.2) is 0 Å². The monoisotopic (exact) mass is 338 g/mol. The number of quaternary nitrogens is 1. The van der Waals surface area contributed by atoms with Crippen molar-refractivity contribution in [2.24, 2.45) is 5.92 Å². The summed E-state index contributed by atoms with van der Waals surface area (Å²) in [7, 11) is 0. The molecule has 2 aromatic carbocycles. The van der Waals surface area contributed by atoms with Crippen molar-refractivity contribution in [3.05, 3.63) is 65.7 Å². The highest BCUT2D eigenvalue weighted by Gasteiger charge is 2.48. The van der Waals surface area contributed by atoms with E-state index in [2.05, 4.69) is 35.6 Å². The van der Waals surface area contributed by atoms with E-state index in [9.17, 15) is 5.11 Å². The molecule has 0 aromatic heterocycles. The van der Waals surface area contributed by atoms with Gasteiger partial charge in [0.05, 0.1) is 12.1 Å². The standard InChI is InChI=1S/C22H27NO2/c24-22-12-5-4-11-20(22)21(23-14-13-22)18-9-6-10-19(15-18)25-16-17-7-2-1-3-8-17/h1-3,6-10,15,20-21,23-24H,4-5,11-14,16H2/p+1/t20-,21-,22+/m1/s1. The molecule has 1 heterocycles. The summed E-state index contributed by atoms with van der Waals surface area (Å²) in [4.78, 5) is 0. The Bertz CT molecular complexity index is 698. The lowest BCUT2D eigenvalue weighted by molar-refractivity contribution is -0.719. The minimum Gasteiger partial charge on any atom is -0.489 e. The van der Waals surface area contributed by atoms with Crippen LogP contribution in [0.5, 0.6) is 5.75 Å². The van der Waals surface area contributed by atoms with Gasteiger partial charge in [0.2, 0.25) is 0 Å². The van der Waals surface area contributed by atoms with Gasteiger partial charge in [-0.3, -0.25) is 0 Å². The van der Waals surface area contributed by atoms with Gasteiger partial charge < -0.3 is 15.2 Å². The van der Waals surface area contributed by atoms with Crippen molar-refractivity contribution in [1.82, 2.24) is 0 Å². The van der Waals surface area contributed by atoms with Crippen molar-refractivity contribution in [2.75, 3.05) is 6.54 Å². The van der Waals surface area contributed by atoms with Crippen molar-refractivity contribution in [3.63, 3.8) is 0 Å². The van der Waals surface area contributed by atoms with Crippen molar-refractivity contribution >= 4 is 0 Å². The topological polar surface area (TPSA) is 46.1 Å². The van der Waals surface area contributed by atoms with E-state index in [0.717, 1.165) is 31.6 Å². The molecule has 25 heavy (non-hydrogen) atoms. The fourth-order valence-electron chi connectivity index (χ4n) is 4.67. The first-order chi connectivity index (χ1) is 12.2. The molecule has 3 nitrogen and oxygen atoms in total. The fourth-order valence-corrected chi connectivity index (χ4v) is 4.67. The third kappa shape index (κ3) is 3.58. The van der Waals surface area contributed by atoms with Gasteiger partial charge in [0, 0.05) is 17.9 Å². The summed E-state index contributed by atoms with van der Waals surface area (Å²) in [6.45, 7) is 1.60. The molecule has 1 aliphatic heterocycles. The molecule has 2 aliphatic rings. The van der Waals surface area contributed by atoms with Crippen molar-refractivity contribution in [3.8, 4) is 5.75 Å². The summed E-state index contributed by atoms with van der Waals surface area (Å²) >= 11 is 0. The van der Waals surface area contributed by atoms with Crippen LogP contribution in [0.25, 0.3) is 0 Å². The van der Waals surface area contributed by atoms with E-state index >= 15 is 0 Å². The second-order valence-electron chi connectivity index (χ2n) is 7.60. The molecule has 3 atom stereocenters. The highest BCUT2D eigenvalue weighted by molar-refractivity contribution is 5.31. The molecule has 4 rings (SSSR count). The Morgan fingerprint density at radius 1 is 1.04 bits per heavy atom. The Morgan fingerprint density at radius 3 is 2.80 bits per heavy atom.